The number of aromatic nitrogens is 2. The predicted octanol–water partition coefficient (Wildman–Crippen LogP) is 3.33. The molecule has 3 aromatic rings. The molecular weight excluding hydrogens is 354 g/mol. The van der Waals surface area contributed by atoms with Gasteiger partial charge in [-0.2, -0.15) is 5.26 Å². The molecule has 7 nitrogen and oxygen atoms in total. The number of amides is 1. The first-order chi connectivity index (χ1) is 13.7. The zero-order chi connectivity index (χ0) is 19.8. The van der Waals surface area contributed by atoms with Crippen LogP contribution in [0.2, 0.25) is 0 Å². The minimum Gasteiger partial charge on any atom is -0.383 e. The fourth-order valence-electron chi connectivity index (χ4n) is 2.51. The maximum atomic E-state index is 12.7. The molecule has 0 saturated carbocycles. The van der Waals surface area contributed by atoms with E-state index in [4.69, 9.17) is 10.00 Å². The Labute approximate surface area is 163 Å². The van der Waals surface area contributed by atoms with E-state index in [1.165, 1.54) is 0 Å². The minimum absolute atomic E-state index is 0.219. The third-order valence-corrected chi connectivity index (χ3v) is 3.85. The van der Waals surface area contributed by atoms with E-state index in [1.807, 2.05) is 30.3 Å². The number of nitrogens with zero attached hydrogens (tertiary/aromatic N) is 3. The maximum Gasteiger partial charge on any atom is 0.274 e. The smallest absolute Gasteiger partial charge is 0.274 e. The summed E-state index contributed by atoms with van der Waals surface area (Å²) in [4.78, 5) is 21.6. The van der Waals surface area contributed by atoms with Crippen molar-refractivity contribution < 1.29 is 9.53 Å². The molecule has 7 heteroatoms. The number of anilines is 2. The Bertz CT molecular complexity index is 999. The average Bonchev–Trinajstić information content (AvgIpc) is 2.74. The molecule has 140 valence electrons. The van der Waals surface area contributed by atoms with Gasteiger partial charge in [-0.25, -0.2) is 9.97 Å². The van der Waals surface area contributed by atoms with Gasteiger partial charge in [0.2, 0.25) is 0 Å². The lowest BCUT2D eigenvalue weighted by Crippen LogP contribution is -2.16. The summed E-state index contributed by atoms with van der Waals surface area (Å²) in [6.45, 7) is 1.06. The van der Waals surface area contributed by atoms with Crippen LogP contribution in [0.25, 0.3) is 11.4 Å². The third-order valence-electron chi connectivity index (χ3n) is 3.85. The van der Waals surface area contributed by atoms with Gasteiger partial charge in [0.15, 0.2) is 5.82 Å². The summed E-state index contributed by atoms with van der Waals surface area (Å²) < 4.78 is 5.05. The van der Waals surface area contributed by atoms with Crippen LogP contribution in [0.5, 0.6) is 0 Å². The molecule has 0 aliphatic carbocycles. The van der Waals surface area contributed by atoms with Crippen molar-refractivity contribution in [3.05, 3.63) is 71.9 Å². The van der Waals surface area contributed by atoms with Crippen molar-refractivity contribution in [1.29, 1.82) is 5.26 Å². The van der Waals surface area contributed by atoms with Crippen LogP contribution in [0.15, 0.2) is 60.7 Å². The second-order valence-electron chi connectivity index (χ2n) is 5.89. The summed E-state index contributed by atoms with van der Waals surface area (Å²) in [6, 6.07) is 19.8. The molecule has 0 spiro atoms. The Morgan fingerprint density at radius 2 is 1.93 bits per heavy atom. The van der Waals surface area contributed by atoms with Gasteiger partial charge in [0.25, 0.3) is 5.91 Å². The second-order valence-corrected chi connectivity index (χ2v) is 5.89. The standard InChI is InChI=1S/C21H19N5O2/c1-28-11-10-23-19-13-18(25-20(26-19)16-7-3-2-4-8-16)21(27)24-17-9-5-6-15(12-17)14-22/h2-9,12-13H,10-11H2,1H3,(H,24,27)(H,23,25,26). The molecule has 0 saturated heterocycles. The third kappa shape index (κ3) is 4.90. The molecule has 0 fully saturated rings. The lowest BCUT2D eigenvalue weighted by Gasteiger charge is -2.10. The first kappa shape index (κ1) is 19.0. The number of nitrogens with one attached hydrogen (secondary N) is 2. The summed E-state index contributed by atoms with van der Waals surface area (Å²) in [5, 5.41) is 14.9. The van der Waals surface area contributed by atoms with Crippen molar-refractivity contribution in [2.45, 2.75) is 0 Å². The number of carbonyl (C=O) groups is 1. The van der Waals surface area contributed by atoms with Crippen LogP contribution in [0, 0.1) is 11.3 Å². The van der Waals surface area contributed by atoms with Crippen LogP contribution in [0.3, 0.4) is 0 Å². The van der Waals surface area contributed by atoms with Gasteiger partial charge in [-0.15, -0.1) is 0 Å². The molecule has 28 heavy (non-hydrogen) atoms. The van der Waals surface area contributed by atoms with Crippen molar-refractivity contribution in [2.24, 2.45) is 0 Å². The first-order valence-electron chi connectivity index (χ1n) is 8.68. The van der Waals surface area contributed by atoms with Gasteiger partial charge < -0.3 is 15.4 Å². The number of hydrogen-bond acceptors (Lipinski definition) is 6. The molecule has 0 unspecified atom stereocenters. The van der Waals surface area contributed by atoms with E-state index in [9.17, 15) is 4.79 Å². The number of nitriles is 1. The summed E-state index contributed by atoms with van der Waals surface area (Å²) in [5.41, 5.74) is 2.01. The number of ether oxygens (including phenoxy) is 1. The number of hydrogen-bond donors (Lipinski definition) is 2. The van der Waals surface area contributed by atoms with Crippen molar-refractivity contribution in [1.82, 2.24) is 9.97 Å². The molecule has 3 rings (SSSR count). The predicted molar refractivity (Wildman–Crippen MR) is 107 cm³/mol. The van der Waals surface area contributed by atoms with Crippen LogP contribution in [-0.2, 0) is 4.74 Å². The quantitative estimate of drug-likeness (QED) is 0.616. The van der Waals surface area contributed by atoms with Gasteiger partial charge in [-0.3, -0.25) is 4.79 Å². The Morgan fingerprint density at radius 3 is 2.68 bits per heavy atom. The Hall–Kier alpha value is -3.76. The zero-order valence-electron chi connectivity index (χ0n) is 15.3. The van der Waals surface area contributed by atoms with Gasteiger partial charge in [-0.05, 0) is 18.2 Å². The first-order valence-corrected chi connectivity index (χ1v) is 8.68. The highest BCUT2D eigenvalue weighted by atomic mass is 16.5. The minimum atomic E-state index is -0.385. The van der Waals surface area contributed by atoms with Crippen LogP contribution in [-0.4, -0.2) is 36.1 Å². The summed E-state index contributed by atoms with van der Waals surface area (Å²) >= 11 is 0. The molecule has 0 bridgehead atoms. The van der Waals surface area contributed by atoms with Gasteiger partial charge in [0, 0.05) is 31.0 Å². The molecule has 1 aromatic heterocycles. The van der Waals surface area contributed by atoms with Crippen LogP contribution < -0.4 is 10.6 Å². The van der Waals surface area contributed by atoms with Crippen molar-refractivity contribution in [3.8, 4) is 17.5 Å². The van der Waals surface area contributed by atoms with E-state index < -0.39 is 0 Å². The Balaban J connectivity index is 1.90. The van der Waals surface area contributed by atoms with Crippen LogP contribution >= 0.6 is 0 Å². The highest BCUT2D eigenvalue weighted by Gasteiger charge is 2.13. The van der Waals surface area contributed by atoms with Gasteiger partial charge in [0.1, 0.15) is 11.5 Å². The average molecular weight is 373 g/mol. The van der Waals surface area contributed by atoms with E-state index in [-0.39, 0.29) is 11.6 Å². The number of rotatable bonds is 7. The molecule has 2 aromatic carbocycles. The van der Waals surface area contributed by atoms with E-state index in [1.54, 1.807) is 37.4 Å². The highest BCUT2D eigenvalue weighted by molar-refractivity contribution is 6.03. The van der Waals surface area contributed by atoms with E-state index in [0.29, 0.717) is 36.0 Å². The molecule has 0 aliphatic rings. The molecule has 1 heterocycles. The molecular formula is C21H19N5O2. The molecule has 0 aliphatic heterocycles. The van der Waals surface area contributed by atoms with Crippen molar-refractivity contribution in [2.75, 3.05) is 30.9 Å². The Kier molecular flexibility index (Phi) is 6.29. The van der Waals surface area contributed by atoms with E-state index in [0.717, 1.165) is 5.56 Å². The number of benzene rings is 2. The molecule has 0 atom stereocenters. The maximum absolute atomic E-state index is 12.7. The SMILES string of the molecule is COCCNc1cc(C(=O)Nc2cccc(C#N)c2)nc(-c2ccccc2)n1. The molecule has 1 amide bonds. The molecule has 2 N–H and O–H groups in total. The van der Waals surface area contributed by atoms with E-state index >= 15 is 0 Å². The lowest BCUT2D eigenvalue weighted by atomic mass is 10.2. The van der Waals surface area contributed by atoms with Gasteiger partial charge in [-0.1, -0.05) is 36.4 Å². The number of carbonyl (C=O) groups excluding carboxylic acids is 1. The normalized spacial score (nSPS) is 10.1. The lowest BCUT2D eigenvalue weighted by molar-refractivity contribution is 0.102. The van der Waals surface area contributed by atoms with Gasteiger partial charge in [0.05, 0.1) is 18.2 Å². The number of methoxy groups -OCH3 is 1. The second kappa shape index (κ2) is 9.26. The van der Waals surface area contributed by atoms with Gasteiger partial charge >= 0.3 is 0 Å². The largest absolute Gasteiger partial charge is 0.383 e. The highest BCUT2D eigenvalue weighted by Crippen LogP contribution is 2.19. The van der Waals surface area contributed by atoms with Crippen molar-refractivity contribution in [3.63, 3.8) is 0 Å². The van der Waals surface area contributed by atoms with Crippen LogP contribution in [0.4, 0.5) is 11.5 Å². The fourth-order valence-corrected chi connectivity index (χ4v) is 2.51. The summed E-state index contributed by atoms with van der Waals surface area (Å²) in [6.07, 6.45) is 0. The molecule has 0 radical (unpaired) electrons. The summed E-state index contributed by atoms with van der Waals surface area (Å²) in [7, 11) is 1.62. The topological polar surface area (TPSA) is 99.9 Å². The van der Waals surface area contributed by atoms with E-state index in [2.05, 4.69) is 26.7 Å². The zero-order valence-corrected chi connectivity index (χ0v) is 15.3. The van der Waals surface area contributed by atoms with Crippen molar-refractivity contribution >= 4 is 17.4 Å². The summed E-state index contributed by atoms with van der Waals surface area (Å²) in [5.74, 6) is 0.588. The monoisotopic (exact) mass is 373 g/mol. The Morgan fingerprint density at radius 1 is 1.11 bits per heavy atom. The fraction of sp³-hybridized carbons (Fsp3) is 0.143. The van der Waals surface area contributed by atoms with Crippen LogP contribution in [0.1, 0.15) is 16.1 Å².